The largest absolute Gasteiger partial charge is 0.467 e. The zero-order valence-electron chi connectivity index (χ0n) is 13.9. The Morgan fingerprint density at radius 1 is 1.36 bits per heavy atom. The van der Waals surface area contributed by atoms with Gasteiger partial charge in [0.2, 0.25) is 0 Å². The molecule has 1 amide bonds. The molecular weight excluding hydrogens is 325 g/mol. The Kier molecular flexibility index (Phi) is 4.56. The van der Waals surface area contributed by atoms with Gasteiger partial charge < -0.3 is 19.6 Å². The monoisotopic (exact) mass is 343 g/mol. The zero-order chi connectivity index (χ0) is 18.0. The molecule has 3 rings (SSSR count). The van der Waals surface area contributed by atoms with E-state index in [-0.39, 0.29) is 18.1 Å². The van der Waals surface area contributed by atoms with E-state index in [1.807, 2.05) is 0 Å². The molecule has 0 bridgehead atoms. The average molecular weight is 343 g/mol. The number of nitrogens with one attached hydrogen (secondary N) is 2. The highest BCUT2D eigenvalue weighted by Crippen LogP contribution is 2.21. The number of methoxy groups -OCH3 is 1. The highest BCUT2D eigenvalue weighted by molar-refractivity contribution is 5.96. The quantitative estimate of drug-likeness (QED) is 0.697. The van der Waals surface area contributed by atoms with Crippen LogP contribution in [0.25, 0.3) is 10.9 Å². The Labute approximate surface area is 143 Å². The number of benzene rings is 1. The first-order chi connectivity index (χ1) is 12.0. The molecule has 0 aliphatic carbocycles. The van der Waals surface area contributed by atoms with E-state index in [9.17, 15) is 14.0 Å². The topological polar surface area (TPSA) is 76.1 Å². The molecule has 0 aliphatic heterocycles. The molecule has 130 valence electrons. The second-order valence-corrected chi connectivity index (χ2v) is 5.76. The van der Waals surface area contributed by atoms with Crippen molar-refractivity contribution in [3.8, 4) is 0 Å². The van der Waals surface area contributed by atoms with E-state index in [0.717, 1.165) is 10.9 Å². The molecule has 0 spiro atoms. The van der Waals surface area contributed by atoms with Crippen molar-refractivity contribution in [3.63, 3.8) is 0 Å². The summed E-state index contributed by atoms with van der Waals surface area (Å²) < 4.78 is 19.8. The molecule has 3 aromatic rings. The number of aryl methyl sites for hydroxylation is 1. The van der Waals surface area contributed by atoms with Crippen LogP contribution in [0.1, 0.15) is 16.1 Å². The summed E-state index contributed by atoms with van der Waals surface area (Å²) in [5.74, 6) is -1.25. The number of hydrogen-bond acceptors (Lipinski definition) is 3. The van der Waals surface area contributed by atoms with E-state index >= 15 is 0 Å². The molecule has 1 atom stereocenters. The lowest BCUT2D eigenvalue weighted by Gasteiger charge is -2.16. The van der Waals surface area contributed by atoms with Gasteiger partial charge in [-0.2, -0.15) is 0 Å². The fourth-order valence-corrected chi connectivity index (χ4v) is 2.81. The third kappa shape index (κ3) is 3.40. The SMILES string of the molecule is COC(=O)[C@H](Cc1c[nH]c2cc(F)ccc12)NC(=O)c1cccn1C. The second kappa shape index (κ2) is 6.80. The van der Waals surface area contributed by atoms with Gasteiger partial charge in [-0.05, 0) is 35.9 Å². The van der Waals surface area contributed by atoms with Crippen molar-refractivity contribution >= 4 is 22.8 Å². The van der Waals surface area contributed by atoms with Crippen molar-refractivity contribution in [1.82, 2.24) is 14.9 Å². The number of aromatic nitrogens is 2. The van der Waals surface area contributed by atoms with E-state index in [0.29, 0.717) is 11.2 Å². The summed E-state index contributed by atoms with van der Waals surface area (Å²) in [7, 11) is 3.02. The van der Waals surface area contributed by atoms with E-state index in [2.05, 4.69) is 10.3 Å². The fourth-order valence-electron chi connectivity index (χ4n) is 2.81. The number of nitrogens with zero attached hydrogens (tertiary/aromatic N) is 1. The third-order valence-electron chi connectivity index (χ3n) is 4.12. The molecule has 2 aromatic heterocycles. The summed E-state index contributed by atoms with van der Waals surface area (Å²) in [5.41, 5.74) is 1.86. The minimum Gasteiger partial charge on any atom is -0.467 e. The Morgan fingerprint density at radius 2 is 2.16 bits per heavy atom. The van der Waals surface area contributed by atoms with Crippen molar-refractivity contribution in [2.75, 3.05) is 7.11 Å². The van der Waals surface area contributed by atoms with Gasteiger partial charge in [0, 0.05) is 36.8 Å². The highest BCUT2D eigenvalue weighted by Gasteiger charge is 2.24. The lowest BCUT2D eigenvalue weighted by atomic mass is 10.0. The van der Waals surface area contributed by atoms with Crippen molar-refractivity contribution in [3.05, 3.63) is 59.8 Å². The number of ether oxygens (including phenoxy) is 1. The molecule has 1 aromatic carbocycles. The molecule has 0 unspecified atom stereocenters. The number of fused-ring (bicyclic) bond motifs is 1. The van der Waals surface area contributed by atoms with Crippen LogP contribution >= 0.6 is 0 Å². The molecule has 6 nitrogen and oxygen atoms in total. The van der Waals surface area contributed by atoms with Gasteiger partial charge in [0.05, 0.1) is 7.11 Å². The highest BCUT2D eigenvalue weighted by atomic mass is 19.1. The van der Waals surface area contributed by atoms with E-state index in [1.54, 1.807) is 42.2 Å². The maximum Gasteiger partial charge on any atom is 0.328 e. The number of rotatable bonds is 5. The lowest BCUT2D eigenvalue weighted by molar-refractivity contribution is -0.142. The number of H-pyrrole nitrogens is 1. The number of carbonyl (C=O) groups excluding carboxylic acids is 2. The maximum atomic E-state index is 13.3. The van der Waals surface area contributed by atoms with Gasteiger partial charge in [-0.1, -0.05) is 0 Å². The van der Waals surface area contributed by atoms with Crippen molar-refractivity contribution in [1.29, 1.82) is 0 Å². The fraction of sp³-hybridized carbons (Fsp3) is 0.222. The molecule has 0 saturated heterocycles. The van der Waals surface area contributed by atoms with Gasteiger partial charge in [-0.25, -0.2) is 9.18 Å². The summed E-state index contributed by atoms with van der Waals surface area (Å²) in [4.78, 5) is 27.5. The molecular formula is C18H18FN3O3. The van der Waals surface area contributed by atoms with Crippen molar-refractivity contribution < 1.29 is 18.7 Å². The minimum atomic E-state index is -0.851. The average Bonchev–Trinajstić information content (AvgIpc) is 3.19. The van der Waals surface area contributed by atoms with Gasteiger partial charge in [-0.3, -0.25) is 4.79 Å². The lowest BCUT2D eigenvalue weighted by Crippen LogP contribution is -2.43. The Bertz CT molecular complexity index is 929. The predicted molar refractivity (Wildman–Crippen MR) is 90.6 cm³/mol. The molecule has 0 radical (unpaired) electrons. The molecule has 7 heteroatoms. The van der Waals surface area contributed by atoms with Crippen LogP contribution in [-0.4, -0.2) is 34.6 Å². The summed E-state index contributed by atoms with van der Waals surface area (Å²) >= 11 is 0. The smallest absolute Gasteiger partial charge is 0.328 e. The van der Waals surface area contributed by atoms with Crippen LogP contribution in [-0.2, 0) is 23.0 Å². The van der Waals surface area contributed by atoms with Gasteiger partial charge >= 0.3 is 5.97 Å². The van der Waals surface area contributed by atoms with Crippen molar-refractivity contribution in [2.24, 2.45) is 7.05 Å². The van der Waals surface area contributed by atoms with Crippen LogP contribution in [0.4, 0.5) is 4.39 Å². The van der Waals surface area contributed by atoms with Crippen molar-refractivity contribution in [2.45, 2.75) is 12.5 Å². The molecule has 0 saturated carbocycles. The predicted octanol–water partition coefficient (Wildman–Crippen LogP) is 2.16. The van der Waals surface area contributed by atoms with E-state index in [4.69, 9.17) is 4.74 Å². The first-order valence-corrected chi connectivity index (χ1v) is 7.75. The van der Waals surface area contributed by atoms with Crippen LogP contribution in [0.5, 0.6) is 0 Å². The molecule has 25 heavy (non-hydrogen) atoms. The number of halogens is 1. The van der Waals surface area contributed by atoms with Crippen LogP contribution in [0.3, 0.4) is 0 Å². The number of carbonyl (C=O) groups is 2. The van der Waals surface area contributed by atoms with Crippen LogP contribution in [0.2, 0.25) is 0 Å². The molecule has 0 fully saturated rings. The Hall–Kier alpha value is -3.09. The van der Waals surface area contributed by atoms with E-state index in [1.165, 1.54) is 19.2 Å². The molecule has 2 N–H and O–H groups in total. The van der Waals surface area contributed by atoms with Crippen LogP contribution < -0.4 is 5.32 Å². The third-order valence-corrected chi connectivity index (χ3v) is 4.12. The first kappa shape index (κ1) is 16.8. The second-order valence-electron chi connectivity index (χ2n) is 5.76. The maximum absolute atomic E-state index is 13.3. The minimum absolute atomic E-state index is 0.231. The van der Waals surface area contributed by atoms with E-state index < -0.39 is 12.0 Å². The number of aromatic amines is 1. The summed E-state index contributed by atoms with van der Waals surface area (Å²) in [6.07, 6.45) is 3.68. The standard InChI is InChI=1S/C18H18FN3O3/c1-22-7-3-4-16(22)17(23)21-15(18(24)25-2)8-11-10-20-14-9-12(19)5-6-13(11)14/h3-7,9-10,15,20H,8H2,1-2H3,(H,21,23)/t15-/m0/s1. The van der Waals surface area contributed by atoms with Crippen LogP contribution in [0.15, 0.2) is 42.7 Å². The van der Waals surface area contributed by atoms with Gasteiger partial charge in [-0.15, -0.1) is 0 Å². The molecule has 2 heterocycles. The summed E-state index contributed by atoms with van der Waals surface area (Å²) in [5, 5.41) is 3.50. The summed E-state index contributed by atoms with van der Waals surface area (Å²) in [6, 6.07) is 6.94. The Morgan fingerprint density at radius 3 is 2.84 bits per heavy atom. The van der Waals surface area contributed by atoms with Gasteiger partial charge in [0.25, 0.3) is 5.91 Å². The number of esters is 1. The zero-order valence-corrected chi connectivity index (χ0v) is 13.9. The van der Waals surface area contributed by atoms with Gasteiger partial charge in [0.15, 0.2) is 0 Å². The normalized spacial score (nSPS) is 12.1. The van der Waals surface area contributed by atoms with Gasteiger partial charge in [0.1, 0.15) is 17.6 Å². The molecule has 0 aliphatic rings. The van der Waals surface area contributed by atoms with Crippen LogP contribution in [0, 0.1) is 5.82 Å². The summed E-state index contributed by atoms with van der Waals surface area (Å²) in [6.45, 7) is 0. The Balaban J connectivity index is 1.84. The number of amides is 1. The number of hydrogen-bond donors (Lipinski definition) is 2. The first-order valence-electron chi connectivity index (χ1n) is 7.75.